The fourth-order valence-electron chi connectivity index (χ4n) is 2.78. The number of rotatable bonds is 0. The first kappa shape index (κ1) is 5.81. The van der Waals surface area contributed by atoms with Gasteiger partial charge < -0.3 is 4.74 Å². The molecule has 1 saturated heterocycles. The third kappa shape index (κ3) is 0.561. The zero-order chi connectivity index (χ0) is 7.42. The number of hydrogen-bond donors (Lipinski definition) is 0. The van der Waals surface area contributed by atoms with Gasteiger partial charge >= 0.3 is 5.97 Å². The second kappa shape index (κ2) is 1.68. The summed E-state index contributed by atoms with van der Waals surface area (Å²) in [5, 5.41) is 0. The maximum Gasteiger partial charge on any atom is 0.309 e. The van der Waals surface area contributed by atoms with E-state index in [0.717, 1.165) is 0 Å². The van der Waals surface area contributed by atoms with Crippen molar-refractivity contribution in [1.29, 1.82) is 0 Å². The van der Waals surface area contributed by atoms with Crippen molar-refractivity contribution in [2.45, 2.75) is 6.42 Å². The molecule has 2 bridgehead atoms. The lowest BCUT2D eigenvalue weighted by molar-refractivity contribution is -0.142. The lowest BCUT2D eigenvalue weighted by Gasteiger charge is -2.14. The fraction of sp³-hybridized carbons (Fsp3) is 0.667. The van der Waals surface area contributed by atoms with Gasteiger partial charge in [0.05, 0.1) is 12.5 Å². The molecule has 2 unspecified atom stereocenters. The Bertz CT molecular complexity index is 244. The van der Waals surface area contributed by atoms with E-state index in [1.165, 1.54) is 6.42 Å². The minimum absolute atomic E-state index is 0.0480. The topological polar surface area (TPSA) is 26.3 Å². The maximum atomic E-state index is 11.2. The number of hydrogen-bond acceptors (Lipinski definition) is 2. The van der Waals surface area contributed by atoms with E-state index in [4.69, 9.17) is 4.74 Å². The summed E-state index contributed by atoms with van der Waals surface area (Å²) in [6.45, 7) is 0.676. The molecule has 2 fully saturated rings. The fourth-order valence-corrected chi connectivity index (χ4v) is 2.78. The van der Waals surface area contributed by atoms with E-state index in [-0.39, 0.29) is 11.9 Å². The van der Waals surface area contributed by atoms with E-state index in [1.807, 2.05) is 0 Å². The lowest BCUT2D eigenvalue weighted by atomic mass is 9.86. The van der Waals surface area contributed by atoms with Crippen LogP contribution in [0.15, 0.2) is 12.2 Å². The highest BCUT2D eigenvalue weighted by Gasteiger charge is 2.52. The van der Waals surface area contributed by atoms with Crippen LogP contribution in [0.4, 0.5) is 0 Å². The molecule has 4 atom stereocenters. The van der Waals surface area contributed by atoms with Gasteiger partial charge in [0.1, 0.15) is 0 Å². The summed E-state index contributed by atoms with van der Waals surface area (Å²) in [6, 6.07) is 0. The zero-order valence-corrected chi connectivity index (χ0v) is 6.19. The second-order valence-corrected chi connectivity index (χ2v) is 3.77. The molecule has 0 aromatic heterocycles. The molecule has 1 saturated carbocycles. The molecule has 0 radical (unpaired) electrons. The molecule has 2 aliphatic carbocycles. The minimum Gasteiger partial charge on any atom is -0.465 e. The molecule has 0 N–H and O–H groups in total. The summed E-state index contributed by atoms with van der Waals surface area (Å²) in [6.07, 6.45) is 5.65. The van der Waals surface area contributed by atoms with E-state index in [9.17, 15) is 4.79 Å². The number of cyclic esters (lactones) is 1. The largest absolute Gasteiger partial charge is 0.465 e. The van der Waals surface area contributed by atoms with Crippen LogP contribution < -0.4 is 0 Å². The molecular weight excluding hydrogens is 140 g/mol. The molecular formula is C9H10O2. The normalized spacial score (nSPS) is 51.5. The van der Waals surface area contributed by atoms with Crippen molar-refractivity contribution >= 4 is 5.97 Å². The van der Waals surface area contributed by atoms with Gasteiger partial charge in [0.15, 0.2) is 0 Å². The molecule has 2 nitrogen and oxygen atoms in total. The van der Waals surface area contributed by atoms with Crippen molar-refractivity contribution in [2.24, 2.45) is 23.7 Å². The molecule has 3 rings (SSSR count). The molecule has 2 heteroatoms. The summed E-state index contributed by atoms with van der Waals surface area (Å²) in [4.78, 5) is 11.2. The molecule has 1 aliphatic heterocycles. The average Bonchev–Trinajstić information content (AvgIpc) is 2.60. The number of ether oxygens (including phenoxy) is 1. The standard InChI is InChI=1S/C9H10O2/c10-9-8-6-2-1-5(3-6)7(8)4-11-9/h1-2,5-8H,3-4H2/t5?,6?,7-,8+/m1/s1. The van der Waals surface area contributed by atoms with Crippen molar-refractivity contribution in [2.75, 3.05) is 6.61 Å². The summed E-state index contributed by atoms with van der Waals surface area (Å²) < 4.78 is 5.02. The van der Waals surface area contributed by atoms with Crippen molar-refractivity contribution in [3.8, 4) is 0 Å². The van der Waals surface area contributed by atoms with Crippen LogP contribution >= 0.6 is 0 Å². The molecule has 58 valence electrons. The Morgan fingerprint density at radius 1 is 1.36 bits per heavy atom. The zero-order valence-electron chi connectivity index (χ0n) is 6.19. The van der Waals surface area contributed by atoms with Gasteiger partial charge in [-0.3, -0.25) is 4.79 Å². The van der Waals surface area contributed by atoms with Crippen LogP contribution in [0, 0.1) is 23.7 Å². The van der Waals surface area contributed by atoms with Gasteiger partial charge in [0.2, 0.25) is 0 Å². The van der Waals surface area contributed by atoms with Crippen LogP contribution in [0.5, 0.6) is 0 Å². The van der Waals surface area contributed by atoms with Crippen molar-refractivity contribution in [1.82, 2.24) is 0 Å². The molecule has 0 amide bonds. The van der Waals surface area contributed by atoms with E-state index in [1.54, 1.807) is 0 Å². The Hall–Kier alpha value is -0.790. The highest BCUT2D eigenvalue weighted by Crippen LogP contribution is 2.50. The maximum absolute atomic E-state index is 11.2. The van der Waals surface area contributed by atoms with Crippen LogP contribution in [0.3, 0.4) is 0 Å². The highest BCUT2D eigenvalue weighted by atomic mass is 16.5. The summed E-state index contributed by atoms with van der Waals surface area (Å²) in [5.74, 6) is 1.96. The van der Waals surface area contributed by atoms with Crippen LogP contribution in [-0.2, 0) is 9.53 Å². The SMILES string of the molecule is O=C1OC[C@@H]2C3C=CC(C3)[C@H]12. The van der Waals surface area contributed by atoms with Crippen LogP contribution in [0.25, 0.3) is 0 Å². The molecule has 0 aromatic carbocycles. The molecule has 0 spiro atoms. The molecule has 3 aliphatic rings. The highest BCUT2D eigenvalue weighted by molar-refractivity contribution is 5.76. The summed E-state index contributed by atoms with van der Waals surface area (Å²) >= 11 is 0. The first-order valence-electron chi connectivity index (χ1n) is 4.21. The number of esters is 1. The minimum atomic E-state index is 0.0480. The van der Waals surface area contributed by atoms with Gasteiger partial charge in [-0.25, -0.2) is 0 Å². The third-order valence-corrected chi connectivity index (χ3v) is 3.31. The van der Waals surface area contributed by atoms with E-state index in [0.29, 0.717) is 24.4 Å². The second-order valence-electron chi connectivity index (χ2n) is 3.77. The summed E-state index contributed by atoms with van der Waals surface area (Å²) in [7, 11) is 0. The predicted molar refractivity (Wildman–Crippen MR) is 38.7 cm³/mol. The Labute approximate surface area is 65.2 Å². The first-order chi connectivity index (χ1) is 5.36. The Balaban J connectivity index is 2.03. The number of carbonyl (C=O) groups excluding carboxylic acids is 1. The van der Waals surface area contributed by atoms with E-state index >= 15 is 0 Å². The van der Waals surface area contributed by atoms with Crippen LogP contribution in [0.1, 0.15) is 6.42 Å². The van der Waals surface area contributed by atoms with Crippen molar-refractivity contribution < 1.29 is 9.53 Å². The van der Waals surface area contributed by atoms with Gasteiger partial charge in [-0.2, -0.15) is 0 Å². The van der Waals surface area contributed by atoms with Gasteiger partial charge in [-0.05, 0) is 18.3 Å². The van der Waals surface area contributed by atoms with Crippen molar-refractivity contribution in [3.05, 3.63) is 12.2 Å². The number of fused-ring (bicyclic) bond motifs is 5. The van der Waals surface area contributed by atoms with Gasteiger partial charge in [0.25, 0.3) is 0 Å². The smallest absolute Gasteiger partial charge is 0.309 e. The van der Waals surface area contributed by atoms with Gasteiger partial charge in [0, 0.05) is 5.92 Å². The first-order valence-corrected chi connectivity index (χ1v) is 4.21. The predicted octanol–water partition coefficient (Wildman–Crippen LogP) is 0.982. The Morgan fingerprint density at radius 3 is 3.00 bits per heavy atom. The number of carbonyl (C=O) groups is 1. The number of allylic oxidation sites excluding steroid dienone is 2. The van der Waals surface area contributed by atoms with E-state index in [2.05, 4.69) is 12.2 Å². The Morgan fingerprint density at radius 2 is 2.18 bits per heavy atom. The van der Waals surface area contributed by atoms with E-state index < -0.39 is 0 Å². The Kier molecular flexibility index (Phi) is 0.888. The quantitative estimate of drug-likeness (QED) is 0.380. The summed E-state index contributed by atoms with van der Waals surface area (Å²) in [5.41, 5.74) is 0. The molecule has 0 aromatic rings. The lowest BCUT2D eigenvalue weighted by Crippen LogP contribution is -2.19. The van der Waals surface area contributed by atoms with Crippen LogP contribution in [-0.4, -0.2) is 12.6 Å². The monoisotopic (exact) mass is 150 g/mol. The van der Waals surface area contributed by atoms with Gasteiger partial charge in [-0.15, -0.1) is 0 Å². The average molecular weight is 150 g/mol. The van der Waals surface area contributed by atoms with Crippen molar-refractivity contribution in [3.63, 3.8) is 0 Å². The third-order valence-electron chi connectivity index (χ3n) is 3.31. The van der Waals surface area contributed by atoms with Gasteiger partial charge in [-0.1, -0.05) is 12.2 Å². The molecule has 1 heterocycles. The van der Waals surface area contributed by atoms with Crippen LogP contribution in [0.2, 0.25) is 0 Å². The molecule has 11 heavy (non-hydrogen) atoms.